The Bertz CT molecular complexity index is 1620. The summed E-state index contributed by atoms with van der Waals surface area (Å²) in [4.78, 5) is 21.7. The molecule has 1 atom stereocenters. The van der Waals surface area contributed by atoms with E-state index in [4.69, 9.17) is 4.74 Å². The molecule has 3 aromatic carbocycles. The van der Waals surface area contributed by atoms with Gasteiger partial charge in [0, 0.05) is 28.8 Å². The maximum absolute atomic E-state index is 12.8. The van der Waals surface area contributed by atoms with Crippen LogP contribution in [0.5, 0.6) is 11.5 Å². The van der Waals surface area contributed by atoms with Crippen molar-refractivity contribution < 1.29 is 23.1 Å². The number of carbonyl (C=O) groups is 1. The van der Waals surface area contributed by atoms with Crippen molar-refractivity contribution in [2.24, 2.45) is 0 Å². The Morgan fingerprint density at radius 1 is 1.10 bits per heavy atom. The molecule has 0 fully saturated rings. The smallest absolute Gasteiger partial charge is 0.255 e. The molecule has 0 spiro atoms. The summed E-state index contributed by atoms with van der Waals surface area (Å²) in [5.74, 6) is 0.651. The lowest BCUT2D eigenvalue weighted by molar-refractivity contribution is 0.102. The van der Waals surface area contributed by atoms with E-state index in [2.05, 4.69) is 31.9 Å². The van der Waals surface area contributed by atoms with Crippen molar-refractivity contribution in [2.75, 3.05) is 17.7 Å². The number of methoxy groups -OCH3 is 1. The lowest BCUT2D eigenvalue weighted by atomic mass is 10.1. The molecule has 0 saturated carbocycles. The number of sulfonamides is 1. The summed E-state index contributed by atoms with van der Waals surface area (Å²) in [6, 6.07) is 18.9. The summed E-state index contributed by atoms with van der Waals surface area (Å²) in [7, 11) is -2.04. The molecule has 206 valence electrons. The van der Waals surface area contributed by atoms with Crippen LogP contribution in [0, 0.1) is 0 Å². The van der Waals surface area contributed by atoms with E-state index in [1.165, 1.54) is 7.11 Å². The van der Waals surface area contributed by atoms with Crippen LogP contribution in [0.3, 0.4) is 0 Å². The van der Waals surface area contributed by atoms with Crippen LogP contribution >= 0.6 is 0 Å². The van der Waals surface area contributed by atoms with E-state index in [1.807, 2.05) is 25.1 Å². The normalized spacial score (nSPS) is 11.8. The number of aromatic hydroxyl groups is 1. The number of hydrogen-bond acceptors (Lipinski definition) is 8. The van der Waals surface area contributed by atoms with E-state index in [0.717, 1.165) is 16.5 Å². The maximum Gasteiger partial charge on any atom is 0.255 e. The largest absolute Gasteiger partial charge is 0.504 e. The van der Waals surface area contributed by atoms with Gasteiger partial charge in [0.15, 0.2) is 11.5 Å². The van der Waals surface area contributed by atoms with E-state index in [9.17, 15) is 18.3 Å². The fourth-order valence-corrected chi connectivity index (χ4v) is 4.31. The SMILES string of the molecule is C=CS(=O)(=O)NCc1ccc(C(=O)Nc2cccc([C@H](C)Nc3cncc(-c4ccc(O)c(OC)c4)n3)c2)cc1. The third-order valence-corrected chi connectivity index (χ3v) is 7.02. The molecule has 4 N–H and O–H groups in total. The Morgan fingerprint density at radius 2 is 1.88 bits per heavy atom. The second-order valence-corrected chi connectivity index (χ2v) is 10.6. The lowest BCUT2D eigenvalue weighted by Gasteiger charge is -2.17. The van der Waals surface area contributed by atoms with Crippen molar-refractivity contribution in [2.45, 2.75) is 19.5 Å². The van der Waals surface area contributed by atoms with E-state index in [1.54, 1.807) is 60.9 Å². The van der Waals surface area contributed by atoms with Gasteiger partial charge in [0.25, 0.3) is 5.91 Å². The minimum Gasteiger partial charge on any atom is -0.504 e. The molecule has 1 amide bonds. The Hall–Kier alpha value is -4.74. The van der Waals surface area contributed by atoms with Crippen molar-refractivity contribution in [3.63, 3.8) is 0 Å². The van der Waals surface area contributed by atoms with Crippen LogP contribution in [0.15, 0.2) is 91.1 Å². The standard InChI is InChI=1S/C29H29N5O5S/c1-4-40(37,38)31-16-20-8-10-21(11-9-20)29(36)33-24-7-5-6-22(14-24)19(2)32-28-18-30-17-25(34-28)23-12-13-26(35)27(15-23)39-3/h4-15,17-19,31,35H,1,16H2,2-3H3,(H,32,34)(H,33,36)/t19-/m0/s1. The van der Waals surface area contributed by atoms with Gasteiger partial charge in [0.05, 0.1) is 31.2 Å². The Balaban J connectivity index is 1.41. The molecule has 1 aromatic heterocycles. The first-order valence-corrected chi connectivity index (χ1v) is 13.8. The number of nitrogens with zero attached hydrogens (tertiary/aromatic N) is 2. The van der Waals surface area contributed by atoms with Crippen LogP contribution in [0.4, 0.5) is 11.5 Å². The van der Waals surface area contributed by atoms with Crippen LogP contribution in [0.2, 0.25) is 0 Å². The second kappa shape index (κ2) is 12.4. The summed E-state index contributed by atoms with van der Waals surface area (Å²) >= 11 is 0. The van der Waals surface area contributed by atoms with Crippen molar-refractivity contribution in [1.82, 2.24) is 14.7 Å². The fraction of sp³-hybridized carbons (Fsp3) is 0.138. The molecule has 0 unspecified atom stereocenters. The Morgan fingerprint density at radius 3 is 2.60 bits per heavy atom. The summed E-state index contributed by atoms with van der Waals surface area (Å²) in [5.41, 5.74) is 4.04. The number of rotatable bonds is 11. The number of phenolic OH excluding ortho intramolecular Hbond substituents is 1. The first-order chi connectivity index (χ1) is 19.2. The van der Waals surface area contributed by atoms with Gasteiger partial charge in [-0.3, -0.25) is 9.78 Å². The monoisotopic (exact) mass is 559 g/mol. The van der Waals surface area contributed by atoms with Crippen LogP contribution in [0.25, 0.3) is 11.3 Å². The summed E-state index contributed by atoms with van der Waals surface area (Å²) in [6.45, 7) is 5.33. The molecule has 4 aromatic rings. The molecule has 10 nitrogen and oxygen atoms in total. The van der Waals surface area contributed by atoms with E-state index in [0.29, 0.717) is 34.1 Å². The van der Waals surface area contributed by atoms with Gasteiger partial charge in [0.1, 0.15) is 5.82 Å². The zero-order chi connectivity index (χ0) is 28.7. The van der Waals surface area contributed by atoms with Crippen LogP contribution < -0.4 is 20.1 Å². The number of amides is 1. The van der Waals surface area contributed by atoms with Gasteiger partial charge in [-0.1, -0.05) is 30.8 Å². The first kappa shape index (κ1) is 28.3. The molecule has 0 aliphatic heterocycles. The summed E-state index contributed by atoms with van der Waals surface area (Å²) in [5, 5.41) is 16.9. The lowest BCUT2D eigenvalue weighted by Crippen LogP contribution is -2.20. The topological polar surface area (TPSA) is 143 Å². The van der Waals surface area contributed by atoms with Crippen molar-refractivity contribution >= 4 is 27.4 Å². The molecule has 4 rings (SSSR count). The number of phenols is 1. The van der Waals surface area contributed by atoms with E-state index in [-0.39, 0.29) is 24.2 Å². The van der Waals surface area contributed by atoms with Gasteiger partial charge in [0.2, 0.25) is 10.0 Å². The zero-order valence-corrected chi connectivity index (χ0v) is 22.8. The number of nitrogens with one attached hydrogen (secondary N) is 3. The predicted molar refractivity (Wildman–Crippen MR) is 155 cm³/mol. The molecule has 0 aliphatic rings. The molecule has 11 heteroatoms. The van der Waals surface area contributed by atoms with Gasteiger partial charge in [-0.05, 0) is 60.5 Å². The van der Waals surface area contributed by atoms with E-state index < -0.39 is 10.0 Å². The van der Waals surface area contributed by atoms with Crippen LogP contribution in [0.1, 0.15) is 34.5 Å². The highest BCUT2D eigenvalue weighted by atomic mass is 32.2. The highest BCUT2D eigenvalue weighted by molar-refractivity contribution is 7.92. The van der Waals surface area contributed by atoms with Gasteiger partial charge in [-0.15, -0.1) is 0 Å². The fourth-order valence-electron chi connectivity index (χ4n) is 3.82. The third-order valence-electron chi connectivity index (χ3n) is 6.03. The number of hydrogen-bond donors (Lipinski definition) is 4. The summed E-state index contributed by atoms with van der Waals surface area (Å²) < 4.78 is 30.6. The van der Waals surface area contributed by atoms with Crippen LogP contribution in [-0.4, -0.2) is 36.5 Å². The van der Waals surface area contributed by atoms with E-state index >= 15 is 0 Å². The Labute approximate surface area is 232 Å². The summed E-state index contributed by atoms with van der Waals surface area (Å²) in [6.07, 6.45) is 3.25. The molecular formula is C29H29N5O5S. The highest BCUT2D eigenvalue weighted by Crippen LogP contribution is 2.31. The zero-order valence-electron chi connectivity index (χ0n) is 22.0. The second-order valence-electron chi connectivity index (χ2n) is 8.85. The van der Waals surface area contributed by atoms with Crippen molar-refractivity contribution in [3.8, 4) is 22.8 Å². The van der Waals surface area contributed by atoms with Crippen molar-refractivity contribution in [3.05, 3.63) is 108 Å². The number of benzene rings is 3. The average molecular weight is 560 g/mol. The van der Waals surface area contributed by atoms with Crippen molar-refractivity contribution in [1.29, 1.82) is 0 Å². The molecule has 0 radical (unpaired) electrons. The number of anilines is 2. The maximum atomic E-state index is 12.8. The van der Waals surface area contributed by atoms with Gasteiger partial charge < -0.3 is 20.5 Å². The van der Waals surface area contributed by atoms with Gasteiger partial charge in [-0.2, -0.15) is 0 Å². The van der Waals surface area contributed by atoms with Gasteiger partial charge in [-0.25, -0.2) is 18.1 Å². The average Bonchev–Trinajstić information content (AvgIpc) is 2.97. The quantitative estimate of drug-likeness (QED) is 0.204. The van der Waals surface area contributed by atoms with Gasteiger partial charge >= 0.3 is 0 Å². The third kappa shape index (κ3) is 7.22. The molecule has 40 heavy (non-hydrogen) atoms. The minimum absolute atomic E-state index is 0.0419. The number of aromatic nitrogens is 2. The molecule has 0 saturated heterocycles. The highest BCUT2D eigenvalue weighted by Gasteiger charge is 2.12. The molecule has 0 aliphatic carbocycles. The number of ether oxygens (including phenoxy) is 1. The predicted octanol–water partition coefficient (Wildman–Crippen LogP) is 4.85. The molecule has 0 bridgehead atoms. The molecule has 1 heterocycles. The first-order valence-electron chi connectivity index (χ1n) is 12.3. The minimum atomic E-state index is -3.53. The Kier molecular flexibility index (Phi) is 8.77. The van der Waals surface area contributed by atoms with Crippen LogP contribution in [-0.2, 0) is 16.6 Å². The molecular weight excluding hydrogens is 530 g/mol. The number of carbonyl (C=O) groups excluding carboxylic acids is 1.